The van der Waals surface area contributed by atoms with E-state index < -0.39 is 17.9 Å². The molecule has 7 heteroatoms. The summed E-state index contributed by atoms with van der Waals surface area (Å²) in [6.45, 7) is 0. The van der Waals surface area contributed by atoms with Crippen LogP contribution in [0.1, 0.15) is 35.7 Å². The van der Waals surface area contributed by atoms with Gasteiger partial charge in [-0.25, -0.2) is 0 Å². The van der Waals surface area contributed by atoms with Crippen LogP contribution in [0.5, 0.6) is 0 Å². The van der Waals surface area contributed by atoms with Crippen LogP contribution in [0.4, 0.5) is 11.5 Å². The third-order valence-electron chi connectivity index (χ3n) is 4.35. The first-order valence-corrected chi connectivity index (χ1v) is 7.89. The van der Waals surface area contributed by atoms with E-state index in [1.54, 1.807) is 10.9 Å². The summed E-state index contributed by atoms with van der Waals surface area (Å²) >= 11 is 0. The van der Waals surface area contributed by atoms with Crippen molar-refractivity contribution in [3.63, 3.8) is 0 Å². The standard InChI is InChI=1S/C17H19N5O2/c18-9-12-14(7-4-8-15(12)23)22-10-13(16(19)24)17(21-22)20-11-5-2-1-3-6-11/h1-3,5-6,10,12,14-15,23H,4,7-8H2,(H2,19,24)(H,20,21)/t12-,14+,15+/m1/s1. The van der Waals surface area contributed by atoms with E-state index in [4.69, 9.17) is 5.73 Å². The molecular weight excluding hydrogens is 306 g/mol. The number of para-hydroxylation sites is 1. The zero-order chi connectivity index (χ0) is 17.1. The Hall–Kier alpha value is -2.85. The maximum Gasteiger partial charge on any atom is 0.254 e. The van der Waals surface area contributed by atoms with Crippen molar-refractivity contribution in [1.29, 1.82) is 5.26 Å². The molecule has 24 heavy (non-hydrogen) atoms. The van der Waals surface area contributed by atoms with E-state index in [9.17, 15) is 15.2 Å². The van der Waals surface area contributed by atoms with Gasteiger partial charge in [0, 0.05) is 11.9 Å². The van der Waals surface area contributed by atoms with Crippen molar-refractivity contribution in [1.82, 2.24) is 9.78 Å². The first kappa shape index (κ1) is 16.0. The number of benzene rings is 1. The number of rotatable bonds is 4. The second kappa shape index (κ2) is 6.72. The highest BCUT2D eigenvalue weighted by Gasteiger charge is 2.34. The summed E-state index contributed by atoms with van der Waals surface area (Å²) in [6, 6.07) is 11.2. The summed E-state index contributed by atoms with van der Waals surface area (Å²) in [5.41, 5.74) is 6.50. The van der Waals surface area contributed by atoms with Crippen molar-refractivity contribution >= 4 is 17.4 Å². The Balaban J connectivity index is 1.94. The SMILES string of the molecule is N#C[C@H]1[C@@H](O)CCC[C@@H]1n1cc(C(N)=O)c(Nc2ccccc2)n1. The summed E-state index contributed by atoms with van der Waals surface area (Å²) in [5, 5.41) is 26.9. The Morgan fingerprint density at radius 2 is 2.12 bits per heavy atom. The second-order valence-electron chi connectivity index (χ2n) is 5.95. The smallest absolute Gasteiger partial charge is 0.254 e. The zero-order valence-electron chi connectivity index (χ0n) is 13.1. The molecule has 1 heterocycles. The Labute approximate surface area is 139 Å². The molecule has 0 bridgehead atoms. The van der Waals surface area contributed by atoms with Gasteiger partial charge in [0.1, 0.15) is 5.56 Å². The molecule has 124 valence electrons. The van der Waals surface area contributed by atoms with E-state index in [1.807, 2.05) is 30.3 Å². The molecule has 1 aliphatic carbocycles. The number of aliphatic hydroxyl groups is 1. The maximum absolute atomic E-state index is 11.7. The predicted molar refractivity (Wildman–Crippen MR) is 88.5 cm³/mol. The number of hydrogen-bond donors (Lipinski definition) is 3. The van der Waals surface area contributed by atoms with Gasteiger partial charge in [-0.2, -0.15) is 10.4 Å². The molecule has 1 fully saturated rings. The van der Waals surface area contributed by atoms with E-state index in [-0.39, 0.29) is 11.6 Å². The lowest BCUT2D eigenvalue weighted by molar-refractivity contribution is 0.0613. The van der Waals surface area contributed by atoms with Crippen LogP contribution in [0.25, 0.3) is 0 Å². The van der Waals surface area contributed by atoms with Gasteiger partial charge in [-0.3, -0.25) is 9.48 Å². The van der Waals surface area contributed by atoms with Crippen molar-refractivity contribution in [2.45, 2.75) is 31.4 Å². The molecule has 4 N–H and O–H groups in total. The average molecular weight is 325 g/mol. The Morgan fingerprint density at radius 1 is 1.38 bits per heavy atom. The van der Waals surface area contributed by atoms with Gasteiger partial charge in [0.25, 0.3) is 5.91 Å². The highest BCUT2D eigenvalue weighted by molar-refractivity contribution is 5.98. The molecule has 1 aromatic carbocycles. The molecule has 2 aromatic rings. The number of carbonyl (C=O) groups is 1. The first-order valence-electron chi connectivity index (χ1n) is 7.89. The van der Waals surface area contributed by atoms with E-state index in [2.05, 4.69) is 16.5 Å². The predicted octanol–water partition coefficient (Wildman–Crippen LogP) is 1.95. The van der Waals surface area contributed by atoms with Crippen LogP contribution < -0.4 is 11.1 Å². The third-order valence-corrected chi connectivity index (χ3v) is 4.35. The summed E-state index contributed by atoms with van der Waals surface area (Å²) in [5.74, 6) is -0.793. The number of aromatic nitrogens is 2. The van der Waals surface area contributed by atoms with Crippen molar-refractivity contribution in [2.24, 2.45) is 11.7 Å². The Morgan fingerprint density at radius 3 is 2.79 bits per heavy atom. The van der Waals surface area contributed by atoms with Crippen LogP contribution in [0, 0.1) is 17.2 Å². The molecule has 0 aliphatic heterocycles. The summed E-state index contributed by atoms with van der Waals surface area (Å²) < 4.78 is 1.58. The van der Waals surface area contributed by atoms with Crippen molar-refractivity contribution in [3.8, 4) is 6.07 Å². The number of anilines is 2. The minimum absolute atomic E-state index is 0.260. The van der Waals surface area contributed by atoms with Gasteiger partial charge in [0.2, 0.25) is 0 Å². The largest absolute Gasteiger partial charge is 0.392 e. The van der Waals surface area contributed by atoms with Crippen LogP contribution >= 0.6 is 0 Å². The van der Waals surface area contributed by atoms with Crippen molar-refractivity contribution in [2.75, 3.05) is 5.32 Å². The van der Waals surface area contributed by atoms with Gasteiger partial charge in [-0.05, 0) is 31.4 Å². The molecule has 0 saturated heterocycles. The fraction of sp³-hybridized carbons (Fsp3) is 0.353. The normalized spacial score (nSPS) is 23.4. The molecule has 3 atom stereocenters. The quantitative estimate of drug-likeness (QED) is 0.794. The number of carbonyl (C=O) groups excluding carboxylic acids is 1. The number of nitrogens with zero attached hydrogens (tertiary/aromatic N) is 3. The summed E-state index contributed by atoms with van der Waals surface area (Å²) in [7, 11) is 0. The number of nitrogens with one attached hydrogen (secondary N) is 1. The third kappa shape index (κ3) is 3.09. The molecule has 3 rings (SSSR count). The topological polar surface area (TPSA) is 117 Å². The highest BCUT2D eigenvalue weighted by atomic mass is 16.3. The van der Waals surface area contributed by atoms with Gasteiger partial charge in [0.15, 0.2) is 5.82 Å². The number of aliphatic hydroxyl groups excluding tert-OH is 1. The van der Waals surface area contributed by atoms with Crippen molar-refractivity contribution < 1.29 is 9.90 Å². The van der Waals surface area contributed by atoms with Gasteiger partial charge in [-0.15, -0.1) is 0 Å². The number of primary amides is 1. The molecule has 1 aliphatic rings. The van der Waals surface area contributed by atoms with E-state index in [0.29, 0.717) is 12.2 Å². The fourth-order valence-electron chi connectivity index (χ4n) is 3.11. The lowest BCUT2D eigenvalue weighted by Crippen LogP contribution is -2.33. The Bertz CT molecular complexity index is 765. The maximum atomic E-state index is 11.7. The zero-order valence-corrected chi connectivity index (χ0v) is 13.1. The van der Waals surface area contributed by atoms with E-state index in [0.717, 1.165) is 18.5 Å². The summed E-state index contributed by atoms with van der Waals surface area (Å²) in [4.78, 5) is 11.7. The molecule has 1 aromatic heterocycles. The monoisotopic (exact) mass is 325 g/mol. The molecule has 1 saturated carbocycles. The number of nitriles is 1. The van der Waals surface area contributed by atoms with E-state index >= 15 is 0 Å². The lowest BCUT2D eigenvalue weighted by Gasteiger charge is -2.31. The molecular formula is C17H19N5O2. The van der Waals surface area contributed by atoms with Crippen LogP contribution in [-0.4, -0.2) is 26.9 Å². The second-order valence-corrected chi connectivity index (χ2v) is 5.95. The van der Waals surface area contributed by atoms with E-state index in [1.165, 1.54) is 0 Å². The van der Waals surface area contributed by atoms with Gasteiger partial charge in [0.05, 0.1) is 24.1 Å². The first-order chi connectivity index (χ1) is 11.6. The molecule has 0 unspecified atom stereocenters. The van der Waals surface area contributed by atoms with Gasteiger partial charge < -0.3 is 16.2 Å². The lowest BCUT2D eigenvalue weighted by atomic mass is 9.83. The van der Waals surface area contributed by atoms with Gasteiger partial charge >= 0.3 is 0 Å². The van der Waals surface area contributed by atoms with Crippen LogP contribution in [-0.2, 0) is 0 Å². The van der Waals surface area contributed by atoms with Crippen LogP contribution in [0.15, 0.2) is 36.5 Å². The number of nitrogens with two attached hydrogens (primary N) is 1. The van der Waals surface area contributed by atoms with Crippen LogP contribution in [0.2, 0.25) is 0 Å². The fourth-order valence-corrected chi connectivity index (χ4v) is 3.11. The molecule has 7 nitrogen and oxygen atoms in total. The van der Waals surface area contributed by atoms with Gasteiger partial charge in [-0.1, -0.05) is 18.2 Å². The molecule has 0 spiro atoms. The minimum atomic E-state index is -0.680. The minimum Gasteiger partial charge on any atom is -0.392 e. The number of amides is 1. The Kier molecular flexibility index (Phi) is 4.49. The van der Waals surface area contributed by atoms with Crippen molar-refractivity contribution in [3.05, 3.63) is 42.1 Å². The van der Waals surface area contributed by atoms with Crippen LogP contribution in [0.3, 0.4) is 0 Å². The molecule has 0 radical (unpaired) electrons. The number of hydrogen-bond acceptors (Lipinski definition) is 5. The highest BCUT2D eigenvalue weighted by Crippen LogP contribution is 2.34. The molecule has 1 amide bonds. The summed E-state index contributed by atoms with van der Waals surface area (Å²) in [6.07, 6.45) is 3.01. The average Bonchev–Trinajstić information content (AvgIpc) is 2.99.